The molecule has 0 amide bonds. The third kappa shape index (κ3) is 4.90. The van der Waals surface area contributed by atoms with E-state index in [4.69, 9.17) is 14.7 Å². The zero-order valence-electron chi connectivity index (χ0n) is 14.9. The van der Waals surface area contributed by atoms with Gasteiger partial charge in [0.15, 0.2) is 0 Å². The first-order chi connectivity index (χ1) is 12.7. The lowest BCUT2D eigenvalue weighted by atomic mass is 9.97. The molecule has 1 fully saturated rings. The van der Waals surface area contributed by atoms with Gasteiger partial charge in [0, 0.05) is 31.7 Å². The fraction of sp³-hybridized carbons (Fsp3) is 0.500. The molecule has 0 saturated carbocycles. The Hall–Kier alpha value is -1.77. The standard InChI is InChI=1S/C18H24BrN5O2/c1-25-12-4-9-24-10-7-13(8-11-24)17-22-18(23-26-17)21-15-6-3-2-5-14(15)16(19)20/h2-3,5-6,13,20H,4,7-12H2,1H3,(H,21,23). The number of para-hydroxylation sites is 1. The van der Waals surface area contributed by atoms with Crippen LogP contribution in [0.15, 0.2) is 28.8 Å². The molecule has 140 valence electrons. The maximum absolute atomic E-state index is 7.79. The highest BCUT2D eigenvalue weighted by Gasteiger charge is 2.25. The SMILES string of the molecule is COCCCN1CCC(c2nc(Nc3ccccc3C(=N)Br)no2)CC1. The normalized spacial score (nSPS) is 15.9. The van der Waals surface area contributed by atoms with Gasteiger partial charge in [-0.3, -0.25) is 5.41 Å². The number of halogens is 1. The molecule has 2 heterocycles. The van der Waals surface area contributed by atoms with Crippen molar-refractivity contribution >= 4 is 32.2 Å². The lowest BCUT2D eigenvalue weighted by Gasteiger charge is -2.30. The van der Waals surface area contributed by atoms with Gasteiger partial charge in [0.2, 0.25) is 5.89 Å². The minimum atomic E-state index is 0.307. The molecule has 2 N–H and O–H groups in total. The first kappa shape index (κ1) is 19.0. The smallest absolute Gasteiger partial charge is 0.267 e. The van der Waals surface area contributed by atoms with E-state index in [1.165, 1.54) is 0 Å². The number of aromatic nitrogens is 2. The average Bonchev–Trinajstić information content (AvgIpc) is 3.11. The van der Waals surface area contributed by atoms with Crippen molar-refractivity contribution in [1.29, 1.82) is 5.41 Å². The molecule has 1 aromatic carbocycles. The number of ether oxygens (including phenoxy) is 1. The lowest BCUT2D eigenvalue weighted by molar-refractivity contribution is 0.152. The summed E-state index contributed by atoms with van der Waals surface area (Å²) >= 11 is 3.21. The predicted molar refractivity (Wildman–Crippen MR) is 105 cm³/mol. The number of hydrogen-bond acceptors (Lipinski definition) is 7. The quantitative estimate of drug-likeness (QED) is 0.498. The Balaban J connectivity index is 1.57. The van der Waals surface area contributed by atoms with Gasteiger partial charge in [-0.2, -0.15) is 4.98 Å². The van der Waals surface area contributed by atoms with E-state index in [1.807, 2.05) is 24.3 Å². The average molecular weight is 422 g/mol. The Morgan fingerprint density at radius 3 is 2.88 bits per heavy atom. The number of benzene rings is 1. The number of anilines is 2. The number of nitrogens with zero attached hydrogens (tertiary/aromatic N) is 3. The van der Waals surface area contributed by atoms with E-state index in [9.17, 15) is 0 Å². The van der Waals surface area contributed by atoms with E-state index in [2.05, 4.69) is 36.3 Å². The van der Waals surface area contributed by atoms with Crippen molar-refractivity contribution in [3.05, 3.63) is 35.7 Å². The monoisotopic (exact) mass is 421 g/mol. The molecule has 0 radical (unpaired) electrons. The van der Waals surface area contributed by atoms with E-state index >= 15 is 0 Å². The molecule has 0 spiro atoms. The van der Waals surface area contributed by atoms with Crippen molar-refractivity contribution in [2.24, 2.45) is 0 Å². The molecule has 1 aliphatic heterocycles. The van der Waals surface area contributed by atoms with Crippen molar-refractivity contribution < 1.29 is 9.26 Å². The van der Waals surface area contributed by atoms with Crippen molar-refractivity contribution in [3.8, 4) is 0 Å². The van der Waals surface area contributed by atoms with E-state index in [0.717, 1.165) is 56.8 Å². The van der Waals surface area contributed by atoms with Gasteiger partial charge in [-0.1, -0.05) is 18.2 Å². The molecule has 8 heteroatoms. The summed E-state index contributed by atoms with van der Waals surface area (Å²) in [4.78, 5) is 6.98. The topological polar surface area (TPSA) is 87.3 Å². The molecular formula is C18H24BrN5O2. The van der Waals surface area contributed by atoms with Crippen molar-refractivity contribution in [1.82, 2.24) is 15.0 Å². The van der Waals surface area contributed by atoms with Crippen LogP contribution < -0.4 is 5.32 Å². The number of hydrogen-bond donors (Lipinski definition) is 2. The highest BCUT2D eigenvalue weighted by Crippen LogP contribution is 2.28. The van der Waals surface area contributed by atoms with Gasteiger partial charge in [0.05, 0.1) is 5.69 Å². The summed E-state index contributed by atoms with van der Waals surface area (Å²) in [6, 6.07) is 7.54. The number of piperidine rings is 1. The van der Waals surface area contributed by atoms with E-state index < -0.39 is 0 Å². The first-order valence-electron chi connectivity index (χ1n) is 8.82. The molecule has 26 heavy (non-hydrogen) atoms. The van der Waals surface area contributed by atoms with Gasteiger partial charge >= 0.3 is 0 Å². The van der Waals surface area contributed by atoms with Gasteiger partial charge in [0.25, 0.3) is 5.95 Å². The Morgan fingerprint density at radius 1 is 1.38 bits per heavy atom. The van der Waals surface area contributed by atoms with Crippen LogP contribution in [0.2, 0.25) is 0 Å². The van der Waals surface area contributed by atoms with E-state index in [0.29, 0.717) is 22.4 Å². The van der Waals surface area contributed by atoms with Gasteiger partial charge in [-0.15, -0.1) is 0 Å². The molecule has 1 aromatic heterocycles. The summed E-state index contributed by atoms with van der Waals surface area (Å²) in [5, 5.41) is 15.0. The fourth-order valence-corrected chi connectivity index (χ4v) is 3.54. The predicted octanol–water partition coefficient (Wildman–Crippen LogP) is 3.75. The lowest BCUT2D eigenvalue weighted by Crippen LogP contribution is -2.34. The summed E-state index contributed by atoms with van der Waals surface area (Å²) < 4.78 is 10.9. The van der Waals surface area contributed by atoms with Gasteiger partial charge in [-0.25, -0.2) is 0 Å². The molecule has 0 bridgehead atoms. The van der Waals surface area contributed by atoms with Crippen LogP contribution in [0, 0.1) is 5.41 Å². The van der Waals surface area contributed by atoms with Gasteiger partial charge in [0.1, 0.15) is 4.62 Å². The molecule has 2 aromatic rings. The second kappa shape index (κ2) is 9.25. The van der Waals surface area contributed by atoms with Gasteiger partial charge < -0.3 is 19.5 Å². The highest BCUT2D eigenvalue weighted by molar-refractivity contribution is 9.18. The van der Waals surface area contributed by atoms with Crippen LogP contribution in [0.4, 0.5) is 11.6 Å². The third-order valence-corrected chi connectivity index (χ3v) is 5.04. The zero-order valence-corrected chi connectivity index (χ0v) is 16.5. The largest absolute Gasteiger partial charge is 0.385 e. The zero-order chi connectivity index (χ0) is 18.4. The molecule has 0 aliphatic carbocycles. The van der Waals surface area contributed by atoms with Crippen molar-refractivity contribution in [2.75, 3.05) is 38.7 Å². The summed E-state index contributed by atoms with van der Waals surface area (Å²) in [5.74, 6) is 1.43. The van der Waals surface area contributed by atoms with Crippen molar-refractivity contribution in [2.45, 2.75) is 25.2 Å². The number of methoxy groups -OCH3 is 1. The molecule has 1 aliphatic rings. The van der Waals surface area contributed by atoms with Crippen LogP contribution in [0.25, 0.3) is 0 Å². The summed E-state index contributed by atoms with van der Waals surface area (Å²) in [7, 11) is 1.74. The number of rotatable bonds is 8. The first-order valence-corrected chi connectivity index (χ1v) is 9.62. The Labute approximate surface area is 161 Å². The molecule has 3 rings (SSSR count). The highest BCUT2D eigenvalue weighted by atomic mass is 79.9. The minimum absolute atomic E-state index is 0.307. The number of likely N-dealkylation sites (tertiary alicyclic amines) is 1. The second-order valence-corrected chi connectivity index (χ2v) is 7.20. The summed E-state index contributed by atoms with van der Waals surface area (Å²) in [6.45, 7) is 3.98. The molecule has 0 unspecified atom stereocenters. The molecule has 7 nitrogen and oxygen atoms in total. The Kier molecular flexibility index (Phi) is 6.76. The maximum atomic E-state index is 7.79. The van der Waals surface area contributed by atoms with Gasteiger partial charge in [-0.05, 0) is 59.5 Å². The molecule has 1 saturated heterocycles. The van der Waals surface area contributed by atoms with Crippen LogP contribution in [0.3, 0.4) is 0 Å². The van der Waals surface area contributed by atoms with Crippen LogP contribution in [0.5, 0.6) is 0 Å². The summed E-state index contributed by atoms with van der Waals surface area (Å²) in [5.41, 5.74) is 1.53. The minimum Gasteiger partial charge on any atom is -0.385 e. The molecule has 0 atom stereocenters. The number of nitrogens with one attached hydrogen (secondary N) is 2. The second-order valence-electron chi connectivity index (χ2n) is 6.40. The fourth-order valence-electron chi connectivity index (χ4n) is 3.19. The van der Waals surface area contributed by atoms with Crippen LogP contribution in [-0.4, -0.2) is 53.0 Å². The van der Waals surface area contributed by atoms with Crippen LogP contribution in [-0.2, 0) is 4.74 Å². The Bertz CT molecular complexity index is 728. The molecular weight excluding hydrogens is 398 g/mol. The van der Waals surface area contributed by atoms with E-state index in [-0.39, 0.29) is 0 Å². The summed E-state index contributed by atoms with van der Waals surface area (Å²) in [6.07, 6.45) is 3.12. The van der Waals surface area contributed by atoms with Crippen molar-refractivity contribution in [3.63, 3.8) is 0 Å². The maximum Gasteiger partial charge on any atom is 0.267 e. The Morgan fingerprint density at radius 2 is 2.15 bits per heavy atom. The third-order valence-electron chi connectivity index (χ3n) is 4.61. The van der Waals surface area contributed by atoms with E-state index in [1.54, 1.807) is 7.11 Å². The van der Waals surface area contributed by atoms with Crippen LogP contribution >= 0.6 is 15.9 Å². The van der Waals surface area contributed by atoms with Crippen LogP contribution in [0.1, 0.15) is 36.6 Å².